The molecular formula is C16H33N3O. The molecule has 2 saturated heterocycles. The normalized spacial score (nSPS) is 32.9. The fourth-order valence-corrected chi connectivity index (χ4v) is 3.41. The van der Waals surface area contributed by atoms with Crippen LogP contribution in [0.2, 0.25) is 0 Å². The van der Waals surface area contributed by atoms with Crippen molar-refractivity contribution in [2.45, 2.75) is 57.8 Å². The zero-order chi connectivity index (χ0) is 14.4. The molecule has 2 aliphatic rings. The van der Waals surface area contributed by atoms with Crippen molar-refractivity contribution in [2.75, 3.05) is 46.3 Å². The van der Waals surface area contributed by atoms with Crippen molar-refractivity contribution in [3.05, 3.63) is 0 Å². The maximum absolute atomic E-state index is 6.19. The van der Waals surface area contributed by atoms with Gasteiger partial charge in [0.25, 0.3) is 0 Å². The lowest BCUT2D eigenvalue weighted by molar-refractivity contribution is 0.00489. The Kier molecular flexibility index (Phi) is 6.75. The standard InChI is InChI=1S/C16H33N3O/c1-4-8-17-11-15-6-7-16(20-15)13-19-10-9-18(3)14(5-2)12-19/h14-17H,4-13H2,1-3H3. The largest absolute Gasteiger partial charge is 0.372 e. The Hall–Kier alpha value is -0.160. The number of hydrogen-bond donors (Lipinski definition) is 1. The van der Waals surface area contributed by atoms with Gasteiger partial charge in [-0.1, -0.05) is 13.8 Å². The maximum Gasteiger partial charge on any atom is 0.0707 e. The molecule has 3 unspecified atom stereocenters. The van der Waals surface area contributed by atoms with Crippen LogP contribution in [-0.2, 0) is 4.74 Å². The van der Waals surface area contributed by atoms with E-state index in [0.29, 0.717) is 12.2 Å². The summed E-state index contributed by atoms with van der Waals surface area (Å²) in [4.78, 5) is 5.12. The van der Waals surface area contributed by atoms with Crippen LogP contribution in [0.25, 0.3) is 0 Å². The van der Waals surface area contributed by atoms with Gasteiger partial charge in [-0.3, -0.25) is 4.90 Å². The van der Waals surface area contributed by atoms with Crippen molar-refractivity contribution in [3.63, 3.8) is 0 Å². The smallest absolute Gasteiger partial charge is 0.0707 e. The van der Waals surface area contributed by atoms with Crippen molar-refractivity contribution in [1.29, 1.82) is 0 Å². The summed E-state index contributed by atoms with van der Waals surface area (Å²) in [6.45, 7) is 11.4. The highest BCUT2D eigenvalue weighted by Crippen LogP contribution is 2.21. The first-order valence-electron chi connectivity index (χ1n) is 8.51. The number of hydrogen-bond acceptors (Lipinski definition) is 4. The van der Waals surface area contributed by atoms with E-state index in [1.807, 2.05) is 0 Å². The van der Waals surface area contributed by atoms with E-state index in [1.165, 1.54) is 45.3 Å². The number of likely N-dealkylation sites (N-methyl/N-ethyl adjacent to an activating group) is 1. The van der Waals surface area contributed by atoms with Gasteiger partial charge in [0.2, 0.25) is 0 Å². The van der Waals surface area contributed by atoms with Crippen LogP contribution in [0.3, 0.4) is 0 Å². The Morgan fingerprint density at radius 2 is 1.95 bits per heavy atom. The Morgan fingerprint density at radius 3 is 2.70 bits per heavy atom. The van der Waals surface area contributed by atoms with E-state index < -0.39 is 0 Å². The Labute approximate surface area is 124 Å². The molecule has 0 radical (unpaired) electrons. The Bertz CT molecular complexity index is 274. The molecule has 0 amide bonds. The topological polar surface area (TPSA) is 27.7 Å². The number of nitrogens with one attached hydrogen (secondary N) is 1. The van der Waals surface area contributed by atoms with Crippen LogP contribution in [0.1, 0.15) is 39.5 Å². The molecule has 0 spiro atoms. The average molecular weight is 283 g/mol. The molecule has 2 aliphatic heterocycles. The summed E-state index contributed by atoms with van der Waals surface area (Å²) in [6, 6.07) is 0.729. The molecule has 20 heavy (non-hydrogen) atoms. The molecule has 0 bridgehead atoms. The van der Waals surface area contributed by atoms with E-state index in [4.69, 9.17) is 4.74 Å². The first kappa shape index (κ1) is 16.2. The van der Waals surface area contributed by atoms with Gasteiger partial charge in [-0.05, 0) is 39.3 Å². The van der Waals surface area contributed by atoms with Crippen LogP contribution >= 0.6 is 0 Å². The highest BCUT2D eigenvalue weighted by molar-refractivity contribution is 4.83. The minimum Gasteiger partial charge on any atom is -0.372 e. The third-order valence-corrected chi connectivity index (χ3v) is 4.79. The van der Waals surface area contributed by atoms with Crippen LogP contribution < -0.4 is 5.32 Å². The van der Waals surface area contributed by atoms with Crippen molar-refractivity contribution in [3.8, 4) is 0 Å². The highest BCUT2D eigenvalue weighted by Gasteiger charge is 2.29. The highest BCUT2D eigenvalue weighted by atomic mass is 16.5. The molecule has 2 heterocycles. The number of nitrogens with zero attached hydrogens (tertiary/aromatic N) is 2. The predicted octanol–water partition coefficient (Wildman–Crippen LogP) is 1.56. The minimum atomic E-state index is 0.445. The molecule has 118 valence electrons. The fourth-order valence-electron chi connectivity index (χ4n) is 3.41. The third-order valence-electron chi connectivity index (χ3n) is 4.79. The number of ether oxygens (including phenoxy) is 1. The van der Waals surface area contributed by atoms with E-state index in [1.54, 1.807) is 0 Å². The summed E-state index contributed by atoms with van der Waals surface area (Å²) in [5, 5.41) is 3.48. The fraction of sp³-hybridized carbons (Fsp3) is 1.00. The second-order valence-electron chi connectivity index (χ2n) is 6.46. The average Bonchev–Trinajstić information content (AvgIpc) is 2.89. The number of rotatable bonds is 7. The summed E-state index contributed by atoms with van der Waals surface area (Å²) in [5.74, 6) is 0. The molecule has 1 N–H and O–H groups in total. The van der Waals surface area contributed by atoms with Crippen molar-refractivity contribution >= 4 is 0 Å². The van der Waals surface area contributed by atoms with E-state index in [9.17, 15) is 0 Å². The van der Waals surface area contributed by atoms with Crippen LogP contribution in [0.15, 0.2) is 0 Å². The molecule has 2 fully saturated rings. The second kappa shape index (κ2) is 8.32. The molecule has 0 saturated carbocycles. The van der Waals surface area contributed by atoms with Gasteiger partial charge in [0, 0.05) is 38.8 Å². The van der Waals surface area contributed by atoms with E-state index in [-0.39, 0.29) is 0 Å². The Balaban J connectivity index is 1.67. The van der Waals surface area contributed by atoms with E-state index >= 15 is 0 Å². The van der Waals surface area contributed by atoms with Crippen LogP contribution in [0.5, 0.6) is 0 Å². The monoisotopic (exact) mass is 283 g/mol. The predicted molar refractivity (Wildman–Crippen MR) is 84.2 cm³/mol. The SMILES string of the molecule is CCCNCC1CCC(CN2CCN(C)C(CC)C2)O1. The van der Waals surface area contributed by atoms with Gasteiger partial charge in [-0.15, -0.1) is 0 Å². The summed E-state index contributed by atoms with van der Waals surface area (Å²) in [5.41, 5.74) is 0. The zero-order valence-electron chi connectivity index (χ0n) is 13.6. The summed E-state index contributed by atoms with van der Waals surface area (Å²) < 4.78 is 6.19. The summed E-state index contributed by atoms with van der Waals surface area (Å²) in [6.07, 6.45) is 5.83. The third kappa shape index (κ3) is 4.69. The second-order valence-corrected chi connectivity index (χ2v) is 6.46. The first-order chi connectivity index (χ1) is 9.72. The van der Waals surface area contributed by atoms with Gasteiger partial charge in [0.15, 0.2) is 0 Å². The van der Waals surface area contributed by atoms with Gasteiger partial charge in [-0.2, -0.15) is 0 Å². The molecule has 0 aromatic rings. The van der Waals surface area contributed by atoms with Crippen LogP contribution in [0, 0.1) is 0 Å². The molecule has 3 atom stereocenters. The van der Waals surface area contributed by atoms with Crippen LogP contribution in [-0.4, -0.2) is 74.4 Å². The van der Waals surface area contributed by atoms with Gasteiger partial charge < -0.3 is 15.0 Å². The summed E-state index contributed by atoms with van der Waals surface area (Å²) >= 11 is 0. The zero-order valence-corrected chi connectivity index (χ0v) is 13.6. The maximum atomic E-state index is 6.19. The van der Waals surface area contributed by atoms with Crippen molar-refractivity contribution in [1.82, 2.24) is 15.1 Å². The lowest BCUT2D eigenvalue weighted by Gasteiger charge is -2.40. The molecule has 4 heteroatoms. The van der Waals surface area contributed by atoms with Gasteiger partial charge in [0.1, 0.15) is 0 Å². The van der Waals surface area contributed by atoms with E-state index in [2.05, 4.69) is 36.0 Å². The van der Waals surface area contributed by atoms with Gasteiger partial charge in [-0.25, -0.2) is 0 Å². The van der Waals surface area contributed by atoms with Gasteiger partial charge >= 0.3 is 0 Å². The number of piperazine rings is 1. The summed E-state index contributed by atoms with van der Waals surface area (Å²) in [7, 11) is 2.26. The molecule has 0 aromatic carbocycles. The Morgan fingerprint density at radius 1 is 1.15 bits per heavy atom. The van der Waals surface area contributed by atoms with Crippen molar-refractivity contribution < 1.29 is 4.74 Å². The molecule has 2 rings (SSSR count). The molecule has 0 aliphatic carbocycles. The minimum absolute atomic E-state index is 0.445. The lowest BCUT2D eigenvalue weighted by Crippen LogP contribution is -2.52. The molecular weight excluding hydrogens is 250 g/mol. The first-order valence-corrected chi connectivity index (χ1v) is 8.51. The quantitative estimate of drug-likeness (QED) is 0.718. The lowest BCUT2D eigenvalue weighted by atomic mass is 10.1. The van der Waals surface area contributed by atoms with E-state index in [0.717, 1.165) is 25.7 Å². The van der Waals surface area contributed by atoms with Crippen molar-refractivity contribution in [2.24, 2.45) is 0 Å². The van der Waals surface area contributed by atoms with Crippen LogP contribution in [0.4, 0.5) is 0 Å². The van der Waals surface area contributed by atoms with Gasteiger partial charge in [0.05, 0.1) is 12.2 Å². The molecule has 4 nitrogen and oxygen atoms in total. The molecule has 0 aromatic heterocycles.